The summed E-state index contributed by atoms with van der Waals surface area (Å²) in [6, 6.07) is 4.41. The molecule has 1 aromatic carbocycles. The van der Waals surface area contributed by atoms with Crippen LogP contribution in [0, 0.1) is 12.7 Å². The number of rotatable bonds is 9. The van der Waals surface area contributed by atoms with Crippen molar-refractivity contribution in [2.75, 3.05) is 13.2 Å². The number of carbonyl (C=O) groups is 2. The number of nitrogens with one attached hydrogen (secondary N) is 2. The molecule has 170 valence electrons. The lowest BCUT2D eigenvalue weighted by Gasteiger charge is -2.70. The predicted octanol–water partition coefficient (Wildman–Crippen LogP) is 2.78. The van der Waals surface area contributed by atoms with Crippen molar-refractivity contribution in [3.8, 4) is 0 Å². The summed E-state index contributed by atoms with van der Waals surface area (Å²) >= 11 is 0. The molecule has 4 aliphatic rings. The SMILES string of the molecule is Cc1ccc(C(=O)CNC23CC(NC(=O)COC4CC(OC(F)(F)F)C4)(C2)C3)cc1F. The van der Waals surface area contributed by atoms with Gasteiger partial charge in [-0.15, -0.1) is 13.2 Å². The molecule has 0 atom stereocenters. The molecule has 1 aromatic rings. The topological polar surface area (TPSA) is 76.7 Å². The van der Waals surface area contributed by atoms with Gasteiger partial charge in [-0.3, -0.25) is 14.3 Å². The first kappa shape index (κ1) is 22.2. The zero-order valence-electron chi connectivity index (χ0n) is 17.0. The molecule has 0 aromatic heterocycles. The Hall–Kier alpha value is -2.04. The fourth-order valence-corrected chi connectivity index (χ4v) is 4.71. The van der Waals surface area contributed by atoms with E-state index in [0.717, 1.165) is 0 Å². The van der Waals surface area contributed by atoms with Crippen molar-refractivity contribution >= 4 is 11.7 Å². The van der Waals surface area contributed by atoms with E-state index in [9.17, 15) is 27.2 Å². The number of alkyl halides is 3. The average molecular weight is 444 g/mol. The molecule has 4 saturated carbocycles. The van der Waals surface area contributed by atoms with Crippen LogP contribution < -0.4 is 10.6 Å². The first-order valence-corrected chi connectivity index (χ1v) is 10.2. The van der Waals surface area contributed by atoms with Crippen LogP contribution in [0.2, 0.25) is 0 Å². The average Bonchev–Trinajstić information content (AvgIpc) is 2.58. The van der Waals surface area contributed by atoms with Crippen LogP contribution in [0.25, 0.3) is 0 Å². The fourth-order valence-electron chi connectivity index (χ4n) is 4.71. The van der Waals surface area contributed by atoms with Crippen LogP contribution in [-0.2, 0) is 14.3 Å². The van der Waals surface area contributed by atoms with Gasteiger partial charge < -0.3 is 15.4 Å². The van der Waals surface area contributed by atoms with E-state index in [2.05, 4.69) is 15.4 Å². The Morgan fingerprint density at radius 1 is 1.13 bits per heavy atom. The second-order valence-electron chi connectivity index (χ2n) is 8.97. The van der Waals surface area contributed by atoms with Gasteiger partial charge in [-0.1, -0.05) is 12.1 Å². The third-order valence-electron chi connectivity index (χ3n) is 6.35. The Balaban J connectivity index is 1.12. The Bertz CT molecular complexity index is 863. The molecule has 31 heavy (non-hydrogen) atoms. The molecule has 4 aliphatic carbocycles. The summed E-state index contributed by atoms with van der Waals surface area (Å²) in [6.07, 6.45) is -3.67. The molecule has 1 amide bonds. The number of ether oxygens (including phenoxy) is 2. The summed E-state index contributed by atoms with van der Waals surface area (Å²) in [6.45, 7) is 1.52. The fraction of sp³-hybridized carbons (Fsp3) is 0.619. The first-order chi connectivity index (χ1) is 14.5. The van der Waals surface area contributed by atoms with Crippen molar-refractivity contribution in [3.63, 3.8) is 0 Å². The number of aryl methyl sites for hydroxylation is 1. The molecular weight excluding hydrogens is 420 g/mol. The van der Waals surface area contributed by atoms with Gasteiger partial charge in [-0.25, -0.2) is 4.39 Å². The molecule has 2 bridgehead atoms. The van der Waals surface area contributed by atoms with E-state index in [1.165, 1.54) is 6.07 Å². The van der Waals surface area contributed by atoms with Crippen molar-refractivity contribution < 1.29 is 36.6 Å². The highest BCUT2D eigenvalue weighted by Gasteiger charge is 2.68. The number of benzene rings is 1. The normalized spacial score (nSPS) is 31.3. The molecule has 0 aliphatic heterocycles. The Labute approximate surface area is 176 Å². The summed E-state index contributed by atoms with van der Waals surface area (Å²) < 4.78 is 59.1. The van der Waals surface area contributed by atoms with Crippen LogP contribution in [0.1, 0.15) is 48.0 Å². The molecule has 10 heteroatoms. The number of amides is 1. The van der Waals surface area contributed by atoms with Crippen LogP contribution in [0.3, 0.4) is 0 Å². The quantitative estimate of drug-likeness (QED) is 0.453. The summed E-state index contributed by atoms with van der Waals surface area (Å²) in [4.78, 5) is 24.4. The van der Waals surface area contributed by atoms with E-state index in [1.807, 2.05) is 0 Å². The molecule has 6 nitrogen and oxygen atoms in total. The maximum atomic E-state index is 13.6. The van der Waals surface area contributed by atoms with Crippen LogP contribution >= 0.6 is 0 Å². The van der Waals surface area contributed by atoms with Gasteiger partial charge in [0.2, 0.25) is 5.91 Å². The van der Waals surface area contributed by atoms with Crippen LogP contribution in [0.15, 0.2) is 18.2 Å². The summed E-state index contributed by atoms with van der Waals surface area (Å²) in [7, 11) is 0. The second kappa shape index (κ2) is 7.83. The molecule has 2 N–H and O–H groups in total. The largest absolute Gasteiger partial charge is 0.522 e. The monoisotopic (exact) mass is 444 g/mol. The highest BCUT2D eigenvalue weighted by molar-refractivity contribution is 5.97. The minimum atomic E-state index is -4.65. The molecular formula is C21H24F4N2O4. The van der Waals surface area contributed by atoms with E-state index in [4.69, 9.17) is 4.74 Å². The van der Waals surface area contributed by atoms with Gasteiger partial charge >= 0.3 is 6.36 Å². The van der Waals surface area contributed by atoms with Crippen LogP contribution in [-0.4, -0.2) is 54.5 Å². The van der Waals surface area contributed by atoms with E-state index < -0.39 is 24.4 Å². The van der Waals surface area contributed by atoms with Gasteiger partial charge in [0.15, 0.2) is 5.78 Å². The van der Waals surface area contributed by atoms with Gasteiger partial charge in [0.1, 0.15) is 12.4 Å². The minimum Gasteiger partial charge on any atom is -0.368 e. The van der Waals surface area contributed by atoms with Gasteiger partial charge in [0.05, 0.1) is 18.8 Å². The molecule has 5 rings (SSSR count). The third kappa shape index (κ3) is 4.91. The van der Waals surface area contributed by atoms with E-state index >= 15 is 0 Å². The molecule has 0 saturated heterocycles. The van der Waals surface area contributed by atoms with E-state index in [1.54, 1.807) is 19.1 Å². The Kier molecular flexibility index (Phi) is 5.60. The van der Waals surface area contributed by atoms with Crippen molar-refractivity contribution in [1.29, 1.82) is 0 Å². The molecule has 0 spiro atoms. The number of carbonyl (C=O) groups excluding carboxylic acids is 2. The van der Waals surface area contributed by atoms with E-state index in [-0.39, 0.29) is 48.8 Å². The lowest BCUT2D eigenvalue weighted by Crippen LogP contribution is -2.83. The molecule has 0 unspecified atom stereocenters. The third-order valence-corrected chi connectivity index (χ3v) is 6.35. The minimum absolute atomic E-state index is 0.0957. The van der Waals surface area contributed by atoms with Crippen molar-refractivity contribution in [2.45, 2.75) is 68.7 Å². The molecule has 0 radical (unpaired) electrons. The maximum absolute atomic E-state index is 13.6. The lowest BCUT2D eigenvalue weighted by molar-refractivity contribution is -0.357. The highest BCUT2D eigenvalue weighted by Crippen LogP contribution is 2.60. The summed E-state index contributed by atoms with van der Waals surface area (Å²) in [5.74, 6) is -0.909. The first-order valence-electron chi connectivity index (χ1n) is 10.2. The lowest BCUT2D eigenvalue weighted by atomic mass is 9.44. The number of ketones is 1. The van der Waals surface area contributed by atoms with Gasteiger partial charge in [-0.2, -0.15) is 0 Å². The highest BCUT2D eigenvalue weighted by atomic mass is 19.4. The van der Waals surface area contributed by atoms with Crippen molar-refractivity contribution in [2.24, 2.45) is 0 Å². The standard InChI is InChI=1S/C21H24F4N2O4/c1-12-2-3-13(4-16(12)22)17(28)7-26-19-9-20(10-19,11-19)27-18(29)8-30-14-5-15(6-14)31-21(23,24)25/h2-4,14-15,26H,5-11H2,1H3,(H,27,29). The van der Waals surface area contributed by atoms with Crippen molar-refractivity contribution in [1.82, 2.24) is 10.6 Å². The second-order valence-corrected chi connectivity index (χ2v) is 8.97. The zero-order chi connectivity index (χ0) is 22.4. The molecule has 4 fully saturated rings. The van der Waals surface area contributed by atoms with Crippen molar-refractivity contribution in [3.05, 3.63) is 35.1 Å². The van der Waals surface area contributed by atoms with Gasteiger partial charge in [-0.05, 0) is 37.8 Å². The Morgan fingerprint density at radius 2 is 1.81 bits per heavy atom. The van der Waals surface area contributed by atoms with E-state index in [0.29, 0.717) is 30.4 Å². The van der Waals surface area contributed by atoms with Gasteiger partial charge in [0, 0.05) is 29.5 Å². The van der Waals surface area contributed by atoms with Crippen LogP contribution in [0.4, 0.5) is 17.6 Å². The maximum Gasteiger partial charge on any atom is 0.522 e. The number of Topliss-reactive ketones (excluding diaryl/α,β-unsaturated/α-hetero) is 1. The number of halogens is 4. The predicted molar refractivity (Wildman–Crippen MR) is 101 cm³/mol. The summed E-state index contributed by atoms with van der Waals surface area (Å²) in [5.41, 5.74) is 0.301. The zero-order valence-corrected chi connectivity index (χ0v) is 17.0. The Morgan fingerprint density at radius 3 is 2.42 bits per heavy atom. The number of hydrogen-bond acceptors (Lipinski definition) is 5. The number of hydrogen-bond donors (Lipinski definition) is 2. The van der Waals surface area contributed by atoms with Gasteiger partial charge in [0.25, 0.3) is 0 Å². The molecule has 0 heterocycles. The summed E-state index contributed by atoms with van der Waals surface area (Å²) in [5, 5.41) is 6.14. The smallest absolute Gasteiger partial charge is 0.368 e. The van der Waals surface area contributed by atoms with Crippen LogP contribution in [0.5, 0.6) is 0 Å².